The molecule has 0 bridgehead atoms. The van der Waals surface area contributed by atoms with E-state index in [1.54, 1.807) is 50.2 Å². The Morgan fingerprint density at radius 2 is 1.80 bits per heavy atom. The van der Waals surface area contributed by atoms with Crippen LogP contribution in [-0.2, 0) is 6.54 Å². The normalized spacial score (nSPS) is 10.3. The first-order valence-electron chi connectivity index (χ1n) is 6.37. The summed E-state index contributed by atoms with van der Waals surface area (Å²) < 4.78 is 13.5. The van der Waals surface area contributed by atoms with Crippen LogP contribution in [0.3, 0.4) is 0 Å². The average Bonchev–Trinajstić information content (AvgIpc) is 2.42. The van der Waals surface area contributed by atoms with Crippen molar-refractivity contribution in [3.05, 3.63) is 64.5 Å². The van der Waals surface area contributed by atoms with E-state index in [-0.39, 0.29) is 11.7 Å². The molecule has 3 N–H and O–H groups in total. The molecule has 0 saturated heterocycles. The van der Waals surface area contributed by atoms with Crippen LogP contribution in [0.25, 0.3) is 0 Å². The van der Waals surface area contributed by atoms with Crippen molar-refractivity contribution in [2.75, 3.05) is 5.73 Å². The summed E-state index contributed by atoms with van der Waals surface area (Å²) in [5.41, 5.74) is 8.66. The Balaban J connectivity index is 2.10. The average molecular weight is 272 g/mol. The minimum atomic E-state index is -0.234. The van der Waals surface area contributed by atoms with Crippen LogP contribution in [0.4, 0.5) is 10.1 Å². The molecule has 0 atom stereocenters. The summed E-state index contributed by atoms with van der Waals surface area (Å²) in [5.74, 6) is -0.435. The predicted octanol–water partition coefficient (Wildman–Crippen LogP) is 2.95. The van der Waals surface area contributed by atoms with Crippen molar-refractivity contribution in [2.24, 2.45) is 0 Å². The molecule has 0 heterocycles. The van der Waals surface area contributed by atoms with E-state index in [2.05, 4.69) is 5.32 Å². The maximum Gasteiger partial charge on any atom is 0.253 e. The van der Waals surface area contributed by atoms with Crippen LogP contribution >= 0.6 is 0 Å². The Morgan fingerprint density at radius 3 is 2.40 bits per heavy atom. The first kappa shape index (κ1) is 14.1. The van der Waals surface area contributed by atoms with Crippen molar-refractivity contribution in [1.82, 2.24) is 5.32 Å². The van der Waals surface area contributed by atoms with Crippen molar-refractivity contribution in [2.45, 2.75) is 20.4 Å². The highest BCUT2D eigenvalue weighted by Crippen LogP contribution is 2.15. The van der Waals surface area contributed by atoms with E-state index >= 15 is 0 Å². The van der Waals surface area contributed by atoms with Gasteiger partial charge in [0.15, 0.2) is 0 Å². The molecule has 0 aliphatic heterocycles. The number of carbonyl (C=O) groups is 1. The zero-order valence-corrected chi connectivity index (χ0v) is 11.5. The molecule has 3 nitrogen and oxygen atoms in total. The minimum Gasteiger partial charge on any atom is -0.398 e. The number of nitrogens with two attached hydrogens (primary N) is 1. The van der Waals surface area contributed by atoms with E-state index < -0.39 is 0 Å². The summed E-state index contributed by atoms with van der Waals surface area (Å²) in [6, 6.07) is 10.4. The molecule has 0 unspecified atom stereocenters. The van der Waals surface area contributed by atoms with Crippen LogP contribution in [0.2, 0.25) is 0 Å². The zero-order chi connectivity index (χ0) is 14.7. The SMILES string of the molecule is Cc1cc(CNC(=O)c2ccccc2N)cc(C)c1F. The molecule has 1 amide bonds. The van der Waals surface area contributed by atoms with E-state index in [0.717, 1.165) is 5.56 Å². The van der Waals surface area contributed by atoms with Gasteiger partial charge in [0.25, 0.3) is 5.91 Å². The third-order valence-electron chi connectivity index (χ3n) is 3.15. The fourth-order valence-corrected chi connectivity index (χ4v) is 2.12. The second-order valence-corrected chi connectivity index (χ2v) is 4.81. The molecule has 0 aliphatic carbocycles. The van der Waals surface area contributed by atoms with Gasteiger partial charge in [-0.3, -0.25) is 4.79 Å². The highest BCUT2D eigenvalue weighted by Gasteiger charge is 2.09. The van der Waals surface area contributed by atoms with Crippen molar-refractivity contribution in [1.29, 1.82) is 0 Å². The Labute approximate surface area is 117 Å². The number of amides is 1. The van der Waals surface area contributed by atoms with Crippen LogP contribution in [-0.4, -0.2) is 5.91 Å². The number of benzene rings is 2. The van der Waals surface area contributed by atoms with Crippen LogP contribution in [0.15, 0.2) is 36.4 Å². The number of halogens is 1. The van der Waals surface area contributed by atoms with Gasteiger partial charge in [0.05, 0.1) is 5.56 Å². The molecule has 4 heteroatoms. The van der Waals surface area contributed by atoms with E-state index in [1.807, 2.05) is 0 Å². The standard InChI is InChI=1S/C16H17FN2O/c1-10-7-12(8-11(2)15(10)17)9-19-16(20)13-5-3-4-6-14(13)18/h3-8H,9,18H2,1-2H3,(H,19,20). The molecule has 0 saturated carbocycles. The van der Waals surface area contributed by atoms with Gasteiger partial charge in [-0.25, -0.2) is 4.39 Å². The number of rotatable bonds is 3. The molecule has 2 rings (SSSR count). The van der Waals surface area contributed by atoms with E-state index in [9.17, 15) is 9.18 Å². The fourth-order valence-electron chi connectivity index (χ4n) is 2.12. The molecule has 0 radical (unpaired) electrons. The van der Waals surface area contributed by atoms with Crippen molar-refractivity contribution in [3.8, 4) is 0 Å². The Kier molecular flexibility index (Phi) is 4.03. The topological polar surface area (TPSA) is 55.1 Å². The summed E-state index contributed by atoms with van der Waals surface area (Å²) in [6.45, 7) is 3.76. The van der Waals surface area contributed by atoms with Crippen molar-refractivity contribution < 1.29 is 9.18 Å². The number of aryl methyl sites for hydroxylation is 2. The monoisotopic (exact) mass is 272 g/mol. The number of nitrogens with one attached hydrogen (secondary N) is 1. The third-order valence-corrected chi connectivity index (χ3v) is 3.15. The van der Waals surface area contributed by atoms with Crippen LogP contribution < -0.4 is 11.1 Å². The summed E-state index contributed by atoms with van der Waals surface area (Å²) in [5, 5.41) is 2.79. The number of carbonyl (C=O) groups excluding carboxylic acids is 1. The number of anilines is 1. The summed E-state index contributed by atoms with van der Waals surface area (Å²) in [6.07, 6.45) is 0. The fraction of sp³-hybridized carbons (Fsp3) is 0.188. The van der Waals surface area contributed by atoms with Gasteiger partial charge in [0.2, 0.25) is 0 Å². The maximum absolute atomic E-state index is 13.5. The summed E-state index contributed by atoms with van der Waals surface area (Å²) >= 11 is 0. The van der Waals surface area contributed by atoms with Crippen LogP contribution in [0.5, 0.6) is 0 Å². The van der Waals surface area contributed by atoms with Gasteiger partial charge in [-0.15, -0.1) is 0 Å². The maximum atomic E-state index is 13.5. The van der Waals surface area contributed by atoms with E-state index in [4.69, 9.17) is 5.73 Å². The van der Waals surface area contributed by atoms with Crippen LogP contribution in [0, 0.1) is 19.7 Å². The lowest BCUT2D eigenvalue weighted by atomic mass is 10.1. The second-order valence-electron chi connectivity index (χ2n) is 4.81. The highest BCUT2D eigenvalue weighted by molar-refractivity contribution is 5.98. The Morgan fingerprint density at radius 1 is 1.20 bits per heavy atom. The molecule has 104 valence electrons. The lowest BCUT2D eigenvalue weighted by Gasteiger charge is -2.09. The Hall–Kier alpha value is -2.36. The number of hydrogen-bond donors (Lipinski definition) is 2. The summed E-state index contributed by atoms with van der Waals surface area (Å²) in [4.78, 5) is 12.0. The lowest BCUT2D eigenvalue weighted by Crippen LogP contribution is -2.23. The zero-order valence-electron chi connectivity index (χ0n) is 11.5. The van der Waals surface area contributed by atoms with Gasteiger partial charge in [0, 0.05) is 12.2 Å². The molecule has 0 aliphatic rings. The van der Waals surface area contributed by atoms with Gasteiger partial charge in [-0.05, 0) is 42.7 Å². The van der Waals surface area contributed by atoms with Gasteiger partial charge in [0.1, 0.15) is 5.82 Å². The third kappa shape index (κ3) is 2.96. The van der Waals surface area contributed by atoms with Gasteiger partial charge in [-0.2, -0.15) is 0 Å². The van der Waals surface area contributed by atoms with Gasteiger partial charge >= 0.3 is 0 Å². The van der Waals surface area contributed by atoms with Crippen molar-refractivity contribution >= 4 is 11.6 Å². The largest absolute Gasteiger partial charge is 0.398 e. The number of hydrogen-bond acceptors (Lipinski definition) is 2. The molecule has 0 spiro atoms. The molecular formula is C16H17FN2O. The second kappa shape index (κ2) is 5.74. The quantitative estimate of drug-likeness (QED) is 0.844. The lowest BCUT2D eigenvalue weighted by molar-refractivity contribution is 0.0952. The van der Waals surface area contributed by atoms with Gasteiger partial charge in [-0.1, -0.05) is 24.3 Å². The predicted molar refractivity (Wildman–Crippen MR) is 77.9 cm³/mol. The minimum absolute atomic E-state index is 0.201. The van der Waals surface area contributed by atoms with Crippen LogP contribution in [0.1, 0.15) is 27.0 Å². The molecule has 2 aromatic rings. The van der Waals surface area contributed by atoms with E-state index in [1.165, 1.54) is 0 Å². The molecule has 2 aromatic carbocycles. The van der Waals surface area contributed by atoms with Crippen molar-refractivity contribution in [3.63, 3.8) is 0 Å². The van der Waals surface area contributed by atoms with Gasteiger partial charge < -0.3 is 11.1 Å². The molecular weight excluding hydrogens is 255 g/mol. The van der Waals surface area contributed by atoms with E-state index in [0.29, 0.717) is 28.9 Å². The summed E-state index contributed by atoms with van der Waals surface area (Å²) in [7, 11) is 0. The highest BCUT2D eigenvalue weighted by atomic mass is 19.1. The first-order valence-corrected chi connectivity index (χ1v) is 6.37. The smallest absolute Gasteiger partial charge is 0.253 e. The first-order chi connectivity index (χ1) is 9.49. The Bertz CT molecular complexity index is 630. The number of nitrogen functional groups attached to an aromatic ring is 1. The number of para-hydroxylation sites is 1. The molecule has 0 fully saturated rings. The molecule has 0 aromatic heterocycles. The molecule has 20 heavy (non-hydrogen) atoms.